The Bertz CT molecular complexity index is 978. The van der Waals surface area contributed by atoms with Crippen molar-refractivity contribution in [3.05, 3.63) is 29.3 Å². The van der Waals surface area contributed by atoms with E-state index in [1.165, 1.54) is 0 Å². The molecule has 3 aliphatic rings. The second-order valence-electron chi connectivity index (χ2n) is 9.93. The van der Waals surface area contributed by atoms with E-state index in [0.717, 1.165) is 37.2 Å². The molecule has 4 rings (SSSR count). The van der Waals surface area contributed by atoms with E-state index in [1.807, 2.05) is 12.1 Å². The standard InChI is InChI=1S/C28H42N4O8.ClH/c33-26-5-4-25(27(34)31-26)32-20-23-22(28(32)35)2-1-3-24(23)30-10-11-36-12-13-37-14-15-38-16-17-39-18-19-40-21-6-8-29-9-7-21;/h1-3,21,25,29-30H,4-20H2,(H,31,33,34);1H. The lowest BCUT2D eigenvalue weighted by atomic mass is 10.0. The van der Waals surface area contributed by atoms with Crippen LogP contribution in [0.3, 0.4) is 0 Å². The fourth-order valence-corrected chi connectivity index (χ4v) is 5.01. The van der Waals surface area contributed by atoms with Crippen molar-refractivity contribution in [1.29, 1.82) is 0 Å². The van der Waals surface area contributed by atoms with Gasteiger partial charge in [0.2, 0.25) is 11.8 Å². The molecule has 1 aromatic carbocycles. The molecule has 13 heteroatoms. The maximum absolute atomic E-state index is 12.9. The summed E-state index contributed by atoms with van der Waals surface area (Å²) in [4.78, 5) is 38.2. The number of amides is 3. The second kappa shape index (κ2) is 18.3. The average Bonchev–Trinajstić information content (AvgIpc) is 3.30. The van der Waals surface area contributed by atoms with Crippen LogP contribution in [0.15, 0.2) is 18.2 Å². The Morgan fingerprint density at radius 3 is 2.12 bits per heavy atom. The van der Waals surface area contributed by atoms with Crippen molar-refractivity contribution in [2.45, 2.75) is 44.4 Å². The van der Waals surface area contributed by atoms with Crippen LogP contribution in [0, 0.1) is 0 Å². The van der Waals surface area contributed by atoms with E-state index in [1.54, 1.807) is 11.0 Å². The van der Waals surface area contributed by atoms with Gasteiger partial charge in [0.1, 0.15) is 6.04 Å². The molecule has 3 N–H and O–H groups in total. The molecule has 0 aliphatic carbocycles. The Balaban J connectivity index is 0.00000462. The molecule has 0 radical (unpaired) electrons. The van der Waals surface area contributed by atoms with Crippen LogP contribution >= 0.6 is 12.4 Å². The Morgan fingerprint density at radius 1 is 0.829 bits per heavy atom. The molecule has 3 aliphatic heterocycles. The molecule has 0 saturated carbocycles. The number of piperidine rings is 2. The van der Waals surface area contributed by atoms with Crippen LogP contribution in [0.25, 0.3) is 0 Å². The fourth-order valence-electron chi connectivity index (χ4n) is 5.01. The van der Waals surface area contributed by atoms with Gasteiger partial charge >= 0.3 is 0 Å². The number of ether oxygens (including phenoxy) is 5. The molecule has 0 aromatic heterocycles. The topological polar surface area (TPSA) is 137 Å². The number of imide groups is 1. The summed E-state index contributed by atoms with van der Waals surface area (Å²) in [6, 6.07) is 4.88. The smallest absolute Gasteiger partial charge is 0.255 e. The molecule has 2 saturated heterocycles. The first-order chi connectivity index (χ1) is 19.6. The quantitative estimate of drug-likeness (QED) is 0.166. The van der Waals surface area contributed by atoms with Crippen LogP contribution in [-0.2, 0) is 39.8 Å². The summed E-state index contributed by atoms with van der Waals surface area (Å²) in [7, 11) is 0. The number of nitrogens with one attached hydrogen (secondary N) is 3. The van der Waals surface area contributed by atoms with Crippen molar-refractivity contribution in [1.82, 2.24) is 15.5 Å². The molecule has 1 unspecified atom stereocenters. The van der Waals surface area contributed by atoms with Gasteiger partial charge in [-0.3, -0.25) is 19.7 Å². The zero-order valence-corrected chi connectivity index (χ0v) is 24.3. The maximum atomic E-state index is 12.9. The van der Waals surface area contributed by atoms with Gasteiger partial charge in [-0.15, -0.1) is 12.4 Å². The number of carbonyl (C=O) groups is 3. The maximum Gasteiger partial charge on any atom is 0.255 e. The van der Waals surface area contributed by atoms with E-state index in [0.29, 0.717) is 90.6 Å². The first-order valence-electron chi connectivity index (χ1n) is 14.3. The number of rotatable bonds is 18. The first kappa shape index (κ1) is 33.2. The van der Waals surface area contributed by atoms with Gasteiger partial charge < -0.3 is 39.2 Å². The molecule has 230 valence electrons. The van der Waals surface area contributed by atoms with E-state index >= 15 is 0 Å². The highest BCUT2D eigenvalue weighted by molar-refractivity contribution is 6.06. The summed E-state index contributed by atoms with van der Waals surface area (Å²) in [5.74, 6) is -0.889. The number of hydrogen-bond acceptors (Lipinski definition) is 10. The van der Waals surface area contributed by atoms with Crippen molar-refractivity contribution in [3.63, 3.8) is 0 Å². The molecule has 12 nitrogen and oxygen atoms in total. The van der Waals surface area contributed by atoms with Crippen molar-refractivity contribution >= 4 is 35.8 Å². The summed E-state index contributed by atoms with van der Waals surface area (Å²) in [6.07, 6.45) is 3.07. The van der Waals surface area contributed by atoms with Crippen molar-refractivity contribution < 1.29 is 38.1 Å². The Kier molecular flexibility index (Phi) is 14.8. The number of halogens is 1. The van der Waals surface area contributed by atoms with Gasteiger partial charge in [0, 0.05) is 36.3 Å². The monoisotopic (exact) mass is 598 g/mol. The van der Waals surface area contributed by atoms with Crippen LogP contribution in [0.2, 0.25) is 0 Å². The largest absolute Gasteiger partial charge is 0.382 e. The second-order valence-corrected chi connectivity index (χ2v) is 9.93. The minimum Gasteiger partial charge on any atom is -0.382 e. The van der Waals surface area contributed by atoms with Crippen molar-refractivity contribution in [2.75, 3.05) is 84.4 Å². The molecular formula is C28H43ClN4O8. The lowest BCUT2D eigenvalue weighted by Crippen LogP contribution is -2.52. The Hall–Kier alpha value is -2.32. The van der Waals surface area contributed by atoms with Gasteiger partial charge in [0.25, 0.3) is 5.91 Å². The number of fused-ring (bicyclic) bond motifs is 1. The summed E-state index contributed by atoms with van der Waals surface area (Å²) in [5.41, 5.74) is 2.28. The summed E-state index contributed by atoms with van der Waals surface area (Å²) < 4.78 is 28.0. The third-order valence-electron chi connectivity index (χ3n) is 7.13. The minimum absolute atomic E-state index is 0. The van der Waals surface area contributed by atoms with Gasteiger partial charge in [-0.2, -0.15) is 0 Å². The van der Waals surface area contributed by atoms with Crippen LogP contribution in [0.4, 0.5) is 5.69 Å². The first-order valence-corrected chi connectivity index (χ1v) is 14.3. The van der Waals surface area contributed by atoms with E-state index in [9.17, 15) is 14.4 Å². The van der Waals surface area contributed by atoms with Crippen LogP contribution in [-0.4, -0.2) is 114 Å². The molecule has 2 fully saturated rings. The van der Waals surface area contributed by atoms with Crippen LogP contribution in [0.1, 0.15) is 41.6 Å². The molecule has 41 heavy (non-hydrogen) atoms. The lowest BCUT2D eigenvalue weighted by Gasteiger charge is -2.29. The van der Waals surface area contributed by atoms with Gasteiger partial charge in [-0.25, -0.2) is 0 Å². The highest BCUT2D eigenvalue weighted by atomic mass is 35.5. The third-order valence-corrected chi connectivity index (χ3v) is 7.13. The molecular weight excluding hydrogens is 556 g/mol. The molecule has 3 heterocycles. The van der Waals surface area contributed by atoms with E-state index in [-0.39, 0.29) is 30.6 Å². The van der Waals surface area contributed by atoms with Gasteiger partial charge in [-0.1, -0.05) is 6.07 Å². The number of nitrogens with zero attached hydrogens (tertiary/aromatic N) is 1. The summed E-state index contributed by atoms with van der Waals surface area (Å²) in [5, 5.41) is 8.98. The predicted molar refractivity (Wildman–Crippen MR) is 153 cm³/mol. The van der Waals surface area contributed by atoms with Gasteiger partial charge in [-0.05, 0) is 44.5 Å². The van der Waals surface area contributed by atoms with E-state index in [2.05, 4.69) is 16.0 Å². The molecule has 3 amide bonds. The molecule has 1 atom stereocenters. The SMILES string of the molecule is Cl.O=C1CCC(N2Cc3c(NCCOCCOCCOCCOCCOC4CCNCC4)cccc3C2=O)C(=O)N1. The fraction of sp³-hybridized carbons (Fsp3) is 0.679. The average molecular weight is 599 g/mol. The zero-order chi connectivity index (χ0) is 28.0. The number of hydrogen-bond donors (Lipinski definition) is 3. The Labute approximate surface area is 247 Å². The molecule has 1 aromatic rings. The van der Waals surface area contributed by atoms with Gasteiger partial charge in [0.15, 0.2) is 0 Å². The highest BCUT2D eigenvalue weighted by Gasteiger charge is 2.39. The lowest BCUT2D eigenvalue weighted by molar-refractivity contribution is -0.136. The molecule has 0 bridgehead atoms. The predicted octanol–water partition coefficient (Wildman–Crippen LogP) is 1.12. The number of benzene rings is 1. The summed E-state index contributed by atoms with van der Waals surface area (Å²) in [6.45, 7) is 7.65. The van der Waals surface area contributed by atoms with Gasteiger partial charge in [0.05, 0.1) is 65.6 Å². The number of anilines is 1. The van der Waals surface area contributed by atoms with E-state index in [4.69, 9.17) is 23.7 Å². The van der Waals surface area contributed by atoms with Crippen molar-refractivity contribution in [2.24, 2.45) is 0 Å². The van der Waals surface area contributed by atoms with E-state index < -0.39 is 11.9 Å². The summed E-state index contributed by atoms with van der Waals surface area (Å²) >= 11 is 0. The third kappa shape index (κ3) is 10.5. The highest BCUT2D eigenvalue weighted by Crippen LogP contribution is 2.32. The van der Waals surface area contributed by atoms with Crippen molar-refractivity contribution in [3.8, 4) is 0 Å². The van der Waals surface area contributed by atoms with Crippen LogP contribution in [0.5, 0.6) is 0 Å². The minimum atomic E-state index is -0.624. The van der Waals surface area contributed by atoms with Crippen LogP contribution < -0.4 is 16.0 Å². The Morgan fingerprint density at radius 2 is 1.46 bits per heavy atom. The molecule has 0 spiro atoms. The zero-order valence-electron chi connectivity index (χ0n) is 23.5. The normalized spacial score (nSPS) is 19.2. The number of carbonyl (C=O) groups excluding carboxylic acids is 3.